The van der Waals surface area contributed by atoms with Crippen molar-refractivity contribution in [1.29, 1.82) is 0 Å². The molecule has 0 saturated heterocycles. The Hall–Kier alpha value is -1.06. The Kier molecular flexibility index (Phi) is 3.08. The molecule has 0 bridgehead atoms. The number of benzene rings is 1. The third-order valence-corrected chi connectivity index (χ3v) is 1.71. The van der Waals surface area contributed by atoms with Crippen molar-refractivity contribution in [3.8, 4) is 0 Å². The molecule has 1 aromatic rings. The molecule has 1 rings (SSSR count). The summed E-state index contributed by atoms with van der Waals surface area (Å²) in [6.07, 6.45) is 0.691. The van der Waals surface area contributed by atoms with Crippen LogP contribution in [0.4, 0.5) is 5.69 Å². The number of hydrogen-bond donors (Lipinski definition) is 3. The maximum absolute atomic E-state index is 8.70. The Morgan fingerprint density at radius 1 is 1.25 bits per heavy atom. The number of nitrogen functional groups attached to an aromatic ring is 1. The van der Waals surface area contributed by atoms with Gasteiger partial charge >= 0.3 is 0 Å². The van der Waals surface area contributed by atoms with Crippen molar-refractivity contribution in [2.45, 2.75) is 12.5 Å². The second-order valence-corrected chi connectivity index (χ2v) is 2.89. The zero-order chi connectivity index (χ0) is 8.97. The summed E-state index contributed by atoms with van der Waals surface area (Å²) in [6, 6.07) is 7.34. The zero-order valence-corrected chi connectivity index (χ0v) is 6.90. The first-order valence-electron chi connectivity index (χ1n) is 3.93. The fourth-order valence-electron chi connectivity index (χ4n) is 1.02. The van der Waals surface area contributed by atoms with Gasteiger partial charge in [-0.15, -0.1) is 0 Å². The van der Waals surface area contributed by atoms with Gasteiger partial charge in [-0.1, -0.05) is 12.1 Å². The molecule has 0 fully saturated rings. The average molecular weight is 166 g/mol. The van der Waals surface area contributed by atoms with E-state index in [0.29, 0.717) is 6.42 Å². The normalized spacial score (nSPS) is 12.8. The molecule has 3 heteroatoms. The van der Waals surface area contributed by atoms with Gasteiger partial charge in [0.2, 0.25) is 0 Å². The first-order valence-corrected chi connectivity index (χ1v) is 3.93. The van der Waals surface area contributed by atoms with Crippen molar-refractivity contribution in [2.24, 2.45) is 5.73 Å². The van der Waals surface area contributed by atoms with Crippen LogP contribution in [-0.4, -0.2) is 17.8 Å². The van der Waals surface area contributed by atoms with Crippen LogP contribution in [0.15, 0.2) is 24.3 Å². The van der Waals surface area contributed by atoms with Crippen LogP contribution in [-0.2, 0) is 6.42 Å². The predicted molar refractivity (Wildman–Crippen MR) is 49.6 cm³/mol. The van der Waals surface area contributed by atoms with Crippen LogP contribution in [0.1, 0.15) is 5.56 Å². The summed E-state index contributed by atoms with van der Waals surface area (Å²) in [5.41, 5.74) is 12.9. The van der Waals surface area contributed by atoms with Crippen LogP contribution in [0.25, 0.3) is 0 Å². The molecule has 66 valence electrons. The Morgan fingerprint density at radius 2 is 1.83 bits per heavy atom. The Balaban J connectivity index is 2.58. The molecule has 0 amide bonds. The molecule has 12 heavy (non-hydrogen) atoms. The summed E-state index contributed by atoms with van der Waals surface area (Å²) in [4.78, 5) is 0. The molecule has 0 aliphatic heterocycles. The number of aliphatic hydroxyl groups is 1. The highest BCUT2D eigenvalue weighted by molar-refractivity contribution is 5.39. The molecular weight excluding hydrogens is 152 g/mol. The van der Waals surface area contributed by atoms with E-state index in [0.717, 1.165) is 11.3 Å². The molecule has 0 aliphatic rings. The van der Waals surface area contributed by atoms with Crippen LogP contribution in [0.5, 0.6) is 0 Å². The molecule has 1 aromatic carbocycles. The number of rotatable bonds is 3. The number of hydrogen-bond acceptors (Lipinski definition) is 3. The minimum atomic E-state index is -0.173. The highest BCUT2D eigenvalue weighted by Gasteiger charge is 2.00. The fourth-order valence-corrected chi connectivity index (χ4v) is 1.02. The van der Waals surface area contributed by atoms with Gasteiger partial charge in [-0.3, -0.25) is 0 Å². The van der Waals surface area contributed by atoms with E-state index >= 15 is 0 Å². The predicted octanol–water partition coefficient (Wildman–Crippen LogP) is 0.131. The molecule has 0 spiro atoms. The molecule has 0 saturated carbocycles. The molecule has 5 N–H and O–H groups in total. The fraction of sp³-hybridized carbons (Fsp3) is 0.333. The SMILES string of the molecule is Nc1ccc(CC(N)CO)cc1. The van der Waals surface area contributed by atoms with Gasteiger partial charge < -0.3 is 16.6 Å². The first-order chi connectivity index (χ1) is 5.72. The van der Waals surface area contributed by atoms with Gasteiger partial charge in [0, 0.05) is 11.7 Å². The van der Waals surface area contributed by atoms with E-state index in [2.05, 4.69) is 0 Å². The van der Waals surface area contributed by atoms with Gasteiger partial charge in [-0.05, 0) is 24.1 Å². The Bertz CT molecular complexity index is 233. The van der Waals surface area contributed by atoms with Gasteiger partial charge in [-0.2, -0.15) is 0 Å². The van der Waals surface area contributed by atoms with E-state index in [-0.39, 0.29) is 12.6 Å². The maximum Gasteiger partial charge on any atom is 0.0585 e. The maximum atomic E-state index is 8.70. The molecule has 0 aromatic heterocycles. The van der Waals surface area contributed by atoms with Crippen LogP contribution >= 0.6 is 0 Å². The van der Waals surface area contributed by atoms with Crippen LogP contribution in [0.2, 0.25) is 0 Å². The lowest BCUT2D eigenvalue weighted by molar-refractivity contribution is 0.265. The number of nitrogens with two attached hydrogens (primary N) is 2. The third-order valence-electron chi connectivity index (χ3n) is 1.71. The highest BCUT2D eigenvalue weighted by atomic mass is 16.3. The number of anilines is 1. The molecule has 0 aliphatic carbocycles. The minimum Gasteiger partial charge on any atom is -0.399 e. The Labute approximate surface area is 72.0 Å². The molecular formula is C9H14N2O. The van der Waals surface area contributed by atoms with E-state index in [1.54, 1.807) is 0 Å². The smallest absolute Gasteiger partial charge is 0.0585 e. The monoisotopic (exact) mass is 166 g/mol. The zero-order valence-electron chi connectivity index (χ0n) is 6.90. The molecule has 3 nitrogen and oxygen atoms in total. The lowest BCUT2D eigenvalue weighted by atomic mass is 10.1. The van der Waals surface area contributed by atoms with Crippen LogP contribution < -0.4 is 11.5 Å². The summed E-state index contributed by atoms with van der Waals surface area (Å²) >= 11 is 0. The lowest BCUT2D eigenvalue weighted by Gasteiger charge is -2.07. The molecule has 1 unspecified atom stereocenters. The van der Waals surface area contributed by atoms with Crippen molar-refractivity contribution in [3.05, 3.63) is 29.8 Å². The number of aliphatic hydroxyl groups excluding tert-OH is 1. The van der Waals surface area contributed by atoms with E-state index in [1.807, 2.05) is 24.3 Å². The third kappa shape index (κ3) is 2.53. The summed E-state index contributed by atoms with van der Waals surface area (Å²) in [5, 5.41) is 8.70. The minimum absolute atomic E-state index is 0.0182. The average Bonchev–Trinajstić information content (AvgIpc) is 2.09. The van der Waals surface area contributed by atoms with Gasteiger partial charge in [0.15, 0.2) is 0 Å². The molecule has 0 radical (unpaired) electrons. The largest absolute Gasteiger partial charge is 0.399 e. The topological polar surface area (TPSA) is 72.3 Å². The summed E-state index contributed by atoms with van der Waals surface area (Å²) in [5.74, 6) is 0. The summed E-state index contributed by atoms with van der Waals surface area (Å²) in [7, 11) is 0. The highest BCUT2D eigenvalue weighted by Crippen LogP contribution is 2.06. The van der Waals surface area contributed by atoms with E-state index in [1.165, 1.54) is 0 Å². The van der Waals surface area contributed by atoms with Gasteiger partial charge in [0.05, 0.1) is 6.61 Å². The second-order valence-electron chi connectivity index (χ2n) is 2.89. The lowest BCUT2D eigenvalue weighted by Crippen LogP contribution is -2.26. The van der Waals surface area contributed by atoms with Crippen molar-refractivity contribution in [1.82, 2.24) is 0 Å². The van der Waals surface area contributed by atoms with E-state index in [4.69, 9.17) is 16.6 Å². The van der Waals surface area contributed by atoms with E-state index < -0.39 is 0 Å². The van der Waals surface area contributed by atoms with Crippen molar-refractivity contribution in [3.63, 3.8) is 0 Å². The molecule has 1 atom stereocenters. The first kappa shape index (κ1) is 9.03. The van der Waals surface area contributed by atoms with Crippen molar-refractivity contribution in [2.75, 3.05) is 12.3 Å². The second kappa shape index (κ2) is 4.09. The van der Waals surface area contributed by atoms with Crippen molar-refractivity contribution < 1.29 is 5.11 Å². The van der Waals surface area contributed by atoms with Gasteiger partial charge in [-0.25, -0.2) is 0 Å². The quantitative estimate of drug-likeness (QED) is 0.559. The van der Waals surface area contributed by atoms with E-state index in [9.17, 15) is 0 Å². The van der Waals surface area contributed by atoms with Crippen LogP contribution in [0.3, 0.4) is 0 Å². The van der Waals surface area contributed by atoms with Crippen molar-refractivity contribution >= 4 is 5.69 Å². The summed E-state index contributed by atoms with van der Waals surface area (Å²) in [6.45, 7) is 0.0182. The van der Waals surface area contributed by atoms with Gasteiger partial charge in [0.25, 0.3) is 0 Å². The Morgan fingerprint density at radius 3 is 2.33 bits per heavy atom. The van der Waals surface area contributed by atoms with Gasteiger partial charge in [0.1, 0.15) is 0 Å². The molecule has 0 heterocycles. The summed E-state index contributed by atoms with van der Waals surface area (Å²) < 4.78 is 0. The standard InChI is InChI=1S/C9H14N2O/c10-8-3-1-7(2-4-8)5-9(11)6-12/h1-4,9,12H,5-6,10-11H2. The van der Waals surface area contributed by atoms with Crippen LogP contribution in [0, 0.1) is 0 Å².